The Hall–Kier alpha value is -1.46. The molecule has 0 spiro atoms. The summed E-state index contributed by atoms with van der Waals surface area (Å²) < 4.78 is 13.5. The summed E-state index contributed by atoms with van der Waals surface area (Å²) in [4.78, 5) is 16.4. The SMILES string of the molecule is O=C(Cc1ccccc1F)N1CC(N2CCNCC2)C1. The van der Waals surface area contributed by atoms with Gasteiger partial charge in [0.25, 0.3) is 0 Å². The minimum Gasteiger partial charge on any atom is -0.339 e. The van der Waals surface area contributed by atoms with Crippen LogP contribution < -0.4 is 5.32 Å². The fraction of sp³-hybridized carbons (Fsp3) is 0.533. The quantitative estimate of drug-likeness (QED) is 0.873. The van der Waals surface area contributed by atoms with Crippen molar-refractivity contribution >= 4 is 5.91 Å². The number of piperazine rings is 1. The Morgan fingerprint density at radius 1 is 1.25 bits per heavy atom. The van der Waals surface area contributed by atoms with Gasteiger partial charge in [0.15, 0.2) is 0 Å². The maximum Gasteiger partial charge on any atom is 0.227 e. The van der Waals surface area contributed by atoms with Gasteiger partial charge in [0.05, 0.1) is 6.42 Å². The number of nitrogens with zero attached hydrogens (tertiary/aromatic N) is 2. The number of carbonyl (C=O) groups is 1. The van der Waals surface area contributed by atoms with Crippen LogP contribution in [0, 0.1) is 5.82 Å². The van der Waals surface area contributed by atoms with Crippen LogP contribution in [0.25, 0.3) is 0 Å². The van der Waals surface area contributed by atoms with E-state index in [1.807, 2.05) is 4.90 Å². The van der Waals surface area contributed by atoms with E-state index >= 15 is 0 Å². The Labute approximate surface area is 118 Å². The fourth-order valence-corrected chi connectivity index (χ4v) is 2.85. The molecule has 0 unspecified atom stereocenters. The van der Waals surface area contributed by atoms with E-state index in [0.717, 1.165) is 39.3 Å². The average molecular weight is 277 g/mol. The molecule has 108 valence electrons. The molecule has 1 aromatic rings. The van der Waals surface area contributed by atoms with Gasteiger partial charge in [0, 0.05) is 45.3 Å². The van der Waals surface area contributed by atoms with Crippen molar-refractivity contribution in [2.24, 2.45) is 0 Å². The molecule has 2 heterocycles. The summed E-state index contributed by atoms with van der Waals surface area (Å²) in [6, 6.07) is 6.99. The number of likely N-dealkylation sites (tertiary alicyclic amines) is 1. The molecule has 2 aliphatic rings. The summed E-state index contributed by atoms with van der Waals surface area (Å²) in [6.07, 6.45) is 0.168. The van der Waals surface area contributed by atoms with Gasteiger partial charge in [-0.25, -0.2) is 4.39 Å². The lowest BCUT2D eigenvalue weighted by Crippen LogP contribution is -2.64. The van der Waals surface area contributed by atoms with E-state index in [0.29, 0.717) is 11.6 Å². The zero-order valence-electron chi connectivity index (χ0n) is 11.5. The molecule has 5 heteroatoms. The first-order chi connectivity index (χ1) is 9.74. The first-order valence-corrected chi connectivity index (χ1v) is 7.20. The topological polar surface area (TPSA) is 35.6 Å². The Morgan fingerprint density at radius 2 is 1.95 bits per heavy atom. The van der Waals surface area contributed by atoms with Crippen molar-refractivity contribution < 1.29 is 9.18 Å². The largest absolute Gasteiger partial charge is 0.339 e. The standard InChI is InChI=1S/C15H20FN3O/c16-14-4-2-1-3-12(14)9-15(20)19-10-13(11-19)18-7-5-17-6-8-18/h1-4,13,17H,5-11H2. The molecule has 1 N–H and O–H groups in total. The lowest BCUT2D eigenvalue weighted by Gasteiger charge is -2.46. The first kappa shape index (κ1) is 13.5. The number of hydrogen-bond acceptors (Lipinski definition) is 3. The lowest BCUT2D eigenvalue weighted by molar-refractivity contribution is -0.138. The van der Waals surface area contributed by atoms with Crippen molar-refractivity contribution in [3.63, 3.8) is 0 Å². The summed E-state index contributed by atoms with van der Waals surface area (Å²) in [6.45, 7) is 5.74. The molecular weight excluding hydrogens is 257 g/mol. The predicted molar refractivity (Wildman–Crippen MR) is 74.9 cm³/mol. The number of amides is 1. The summed E-state index contributed by atoms with van der Waals surface area (Å²) in [5.74, 6) is -0.262. The molecular formula is C15H20FN3O. The second-order valence-corrected chi connectivity index (χ2v) is 5.51. The molecule has 0 aromatic heterocycles. The fourth-order valence-electron chi connectivity index (χ4n) is 2.85. The molecule has 0 radical (unpaired) electrons. The highest BCUT2D eigenvalue weighted by Gasteiger charge is 2.34. The van der Waals surface area contributed by atoms with Crippen LogP contribution in [0.3, 0.4) is 0 Å². The van der Waals surface area contributed by atoms with Crippen molar-refractivity contribution in [1.29, 1.82) is 0 Å². The van der Waals surface area contributed by atoms with Crippen molar-refractivity contribution in [3.05, 3.63) is 35.6 Å². The van der Waals surface area contributed by atoms with Crippen LogP contribution in [0.4, 0.5) is 4.39 Å². The molecule has 0 atom stereocenters. The van der Waals surface area contributed by atoms with Gasteiger partial charge in [-0.1, -0.05) is 18.2 Å². The van der Waals surface area contributed by atoms with Crippen LogP contribution in [-0.4, -0.2) is 61.0 Å². The molecule has 3 rings (SSSR count). The maximum atomic E-state index is 13.5. The highest BCUT2D eigenvalue weighted by atomic mass is 19.1. The van der Waals surface area contributed by atoms with Gasteiger partial charge in [-0.2, -0.15) is 0 Å². The number of hydrogen-bond donors (Lipinski definition) is 1. The Balaban J connectivity index is 1.49. The van der Waals surface area contributed by atoms with Gasteiger partial charge in [0.1, 0.15) is 5.82 Å². The van der Waals surface area contributed by atoms with Crippen LogP contribution in [0.2, 0.25) is 0 Å². The Morgan fingerprint density at radius 3 is 2.65 bits per heavy atom. The molecule has 0 bridgehead atoms. The smallest absolute Gasteiger partial charge is 0.227 e. The molecule has 2 saturated heterocycles. The van der Waals surface area contributed by atoms with Gasteiger partial charge in [0.2, 0.25) is 5.91 Å². The number of benzene rings is 1. The molecule has 0 saturated carbocycles. The van der Waals surface area contributed by atoms with E-state index in [1.165, 1.54) is 6.07 Å². The normalized spacial score (nSPS) is 20.8. The zero-order valence-corrected chi connectivity index (χ0v) is 11.5. The summed E-state index contributed by atoms with van der Waals surface area (Å²) in [5, 5.41) is 3.33. The van der Waals surface area contributed by atoms with Crippen molar-refractivity contribution in [2.45, 2.75) is 12.5 Å². The highest BCUT2D eigenvalue weighted by molar-refractivity contribution is 5.79. The van der Waals surface area contributed by atoms with Gasteiger partial charge >= 0.3 is 0 Å². The number of rotatable bonds is 3. The molecule has 20 heavy (non-hydrogen) atoms. The summed E-state index contributed by atoms with van der Waals surface area (Å²) >= 11 is 0. The third kappa shape index (κ3) is 2.83. The third-order valence-corrected chi connectivity index (χ3v) is 4.18. The van der Waals surface area contributed by atoms with Crippen LogP contribution in [0.1, 0.15) is 5.56 Å². The molecule has 4 nitrogen and oxygen atoms in total. The van der Waals surface area contributed by atoms with Crippen molar-refractivity contribution in [2.75, 3.05) is 39.3 Å². The van der Waals surface area contributed by atoms with Crippen LogP contribution in [0.5, 0.6) is 0 Å². The van der Waals surface area contributed by atoms with E-state index in [1.54, 1.807) is 18.2 Å². The van der Waals surface area contributed by atoms with Crippen LogP contribution >= 0.6 is 0 Å². The maximum absolute atomic E-state index is 13.5. The molecule has 1 aromatic carbocycles. The second kappa shape index (κ2) is 5.89. The van der Waals surface area contributed by atoms with E-state index in [4.69, 9.17) is 0 Å². The van der Waals surface area contributed by atoms with Gasteiger partial charge in [-0.05, 0) is 11.6 Å². The minimum atomic E-state index is -0.292. The van der Waals surface area contributed by atoms with E-state index < -0.39 is 0 Å². The van der Waals surface area contributed by atoms with Crippen LogP contribution in [0.15, 0.2) is 24.3 Å². The first-order valence-electron chi connectivity index (χ1n) is 7.20. The highest BCUT2D eigenvalue weighted by Crippen LogP contribution is 2.17. The zero-order chi connectivity index (χ0) is 13.9. The van der Waals surface area contributed by atoms with Crippen molar-refractivity contribution in [1.82, 2.24) is 15.1 Å². The van der Waals surface area contributed by atoms with Gasteiger partial charge < -0.3 is 10.2 Å². The van der Waals surface area contributed by atoms with E-state index in [-0.39, 0.29) is 18.1 Å². The number of carbonyl (C=O) groups excluding carboxylic acids is 1. The lowest BCUT2D eigenvalue weighted by atomic mass is 10.0. The number of halogens is 1. The van der Waals surface area contributed by atoms with Crippen molar-refractivity contribution in [3.8, 4) is 0 Å². The monoisotopic (exact) mass is 277 g/mol. The Bertz CT molecular complexity index is 482. The second-order valence-electron chi connectivity index (χ2n) is 5.51. The summed E-state index contributed by atoms with van der Waals surface area (Å²) in [5.41, 5.74) is 0.489. The Kier molecular flexibility index (Phi) is 3.98. The van der Waals surface area contributed by atoms with E-state index in [2.05, 4.69) is 10.2 Å². The van der Waals surface area contributed by atoms with Gasteiger partial charge in [-0.15, -0.1) is 0 Å². The minimum absolute atomic E-state index is 0.0292. The molecule has 0 aliphatic carbocycles. The number of nitrogens with one attached hydrogen (secondary N) is 1. The van der Waals surface area contributed by atoms with Crippen LogP contribution in [-0.2, 0) is 11.2 Å². The predicted octanol–water partition coefficient (Wildman–Crippen LogP) is 0.484. The molecule has 1 amide bonds. The van der Waals surface area contributed by atoms with E-state index in [9.17, 15) is 9.18 Å². The third-order valence-electron chi connectivity index (χ3n) is 4.18. The molecule has 2 fully saturated rings. The van der Waals surface area contributed by atoms with Gasteiger partial charge in [-0.3, -0.25) is 9.69 Å². The molecule has 2 aliphatic heterocycles. The average Bonchev–Trinajstić information content (AvgIpc) is 2.41. The summed E-state index contributed by atoms with van der Waals surface area (Å²) in [7, 11) is 0.